The van der Waals surface area contributed by atoms with Gasteiger partial charge in [0.1, 0.15) is 0 Å². The van der Waals surface area contributed by atoms with Crippen LogP contribution in [0, 0.1) is 0 Å². The number of carbonyl (C=O) groups excluding carboxylic acids is 1. The van der Waals surface area contributed by atoms with Crippen molar-refractivity contribution >= 4 is 11.9 Å². The number of methoxy groups -OCH3 is 1. The third-order valence-corrected chi connectivity index (χ3v) is 1.85. The van der Waals surface area contributed by atoms with Gasteiger partial charge in [-0.05, 0) is 24.8 Å². The summed E-state index contributed by atoms with van der Waals surface area (Å²) in [6.07, 6.45) is 0. The number of rotatable bonds is 4. The van der Waals surface area contributed by atoms with E-state index in [2.05, 4.69) is 11.3 Å². The topological polar surface area (TPSA) is 93.1 Å². The molecule has 0 aliphatic carbocycles. The van der Waals surface area contributed by atoms with Crippen molar-refractivity contribution in [1.29, 1.82) is 0 Å². The predicted molar refractivity (Wildman–Crippen MR) is 56.9 cm³/mol. The minimum absolute atomic E-state index is 0.0875. The van der Waals surface area contributed by atoms with Crippen LogP contribution in [-0.4, -0.2) is 29.3 Å². The summed E-state index contributed by atoms with van der Waals surface area (Å²) in [7, 11) is 1.14. The minimum Gasteiger partial charge on any atom is -0.504 e. The normalized spacial score (nSPS) is 9.47. The Morgan fingerprint density at radius 2 is 2.00 bits per heavy atom. The molecule has 0 radical (unpaired) electrons. The number of phenolic OH excluding ortho intramolecular Hbond substituents is 1. The largest absolute Gasteiger partial charge is 0.504 e. The van der Waals surface area contributed by atoms with Crippen LogP contribution in [0.1, 0.15) is 10.4 Å². The van der Waals surface area contributed by atoms with Crippen molar-refractivity contribution in [2.75, 3.05) is 7.11 Å². The summed E-state index contributed by atoms with van der Waals surface area (Å²) in [5.74, 6) is -2.84. The number of esters is 1. The molecule has 2 N–H and O–H groups in total. The number of ether oxygens (including phenoxy) is 2. The van der Waals surface area contributed by atoms with Gasteiger partial charge in [0.25, 0.3) is 0 Å². The highest BCUT2D eigenvalue weighted by Gasteiger charge is 2.14. The fourth-order valence-corrected chi connectivity index (χ4v) is 1.02. The van der Waals surface area contributed by atoms with Gasteiger partial charge in [-0.25, -0.2) is 9.59 Å². The molecule has 0 saturated heterocycles. The third-order valence-electron chi connectivity index (χ3n) is 1.85. The first-order valence-corrected chi connectivity index (χ1v) is 4.47. The zero-order valence-electron chi connectivity index (χ0n) is 8.97. The van der Waals surface area contributed by atoms with Gasteiger partial charge in [0.05, 0.1) is 12.7 Å². The standard InChI is InChI=1S/C11H10O6/c1-6(11(15)16-2)17-9-5-7(10(13)14)3-4-8(9)12/h3-5,12H,1H2,2H3,(H,13,14). The van der Waals surface area contributed by atoms with Crippen LogP contribution < -0.4 is 4.74 Å². The number of hydrogen-bond donors (Lipinski definition) is 2. The SMILES string of the molecule is C=C(Oc1cc(C(=O)O)ccc1O)C(=O)OC. The smallest absolute Gasteiger partial charge is 0.373 e. The Balaban J connectivity index is 2.98. The van der Waals surface area contributed by atoms with E-state index in [-0.39, 0.29) is 22.8 Å². The van der Waals surface area contributed by atoms with E-state index in [1.165, 1.54) is 6.07 Å². The lowest BCUT2D eigenvalue weighted by molar-refractivity contribution is -0.138. The summed E-state index contributed by atoms with van der Waals surface area (Å²) in [6.45, 7) is 3.28. The monoisotopic (exact) mass is 238 g/mol. The van der Waals surface area contributed by atoms with Crippen LogP contribution in [0.3, 0.4) is 0 Å². The summed E-state index contributed by atoms with van der Waals surface area (Å²) < 4.78 is 9.25. The number of benzene rings is 1. The molecule has 1 rings (SSSR count). The van der Waals surface area contributed by atoms with Gasteiger partial charge in [-0.3, -0.25) is 0 Å². The van der Waals surface area contributed by atoms with Gasteiger partial charge < -0.3 is 19.7 Å². The number of aromatic hydroxyl groups is 1. The number of hydrogen-bond acceptors (Lipinski definition) is 5. The van der Waals surface area contributed by atoms with E-state index in [9.17, 15) is 14.7 Å². The highest BCUT2D eigenvalue weighted by atomic mass is 16.6. The molecule has 1 aromatic carbocycles. The van der Waals surface area contributed by atoms with E-state index < -0.39 is 11.9 Å². The second-order valence-electron chi connectivity index (χ2n) is 3.00. The van der Waals surface area contributed by atoms with Gasteiger partial charge >= 0.3 is 11.9 Å². The van der Waals surface area contributed by atoms with Crippen molar-refractivity contribution < 1.29 is 29.3 Å². The maximum atomic E-state index is 11.0. The van der Waals surface area contributed by atoms with Gasteiger partial charge in [0.15, 0.2) is 11.5 Å². The van der Waals surface area contributed by atoms with Crippen molar-refractivity contribution in [3.05, 3.63) is 36.1 Å². The van der Waals surface area contributed by atoms with E-state index >= 15 is 0 Å². The molecule has 6 heteroatoms. The molecule has 17 heavy (non-hydrogen) atoms. The Kier molecular flexibility index (Phi) is 3.71. The molecule has 0 fully saturated rings. The molecule has 90 valence electrons. The van der Waals surface area contributed by atoms with Gasteiger partial charge in [-0.15, -0.1) is 0 Å². The number of carboxylic acid groups (broad SMARTS) is 1. The van der Waals surface area contributed by atoms with E-state index in [1.807, 2.05) is 0 Å². The molecule has 0 aliphatic rings. The fraction of sp³-hybridized carbons (Fsp3) is 0.0909. The third kappa shape index (κ3) is 2.97. The van der Waals surface area contributed by atoms with E-state index in [4.69, 9.17) is 9.84 Å². The van der Waals surface area contributed by atoms with E-state index in [0.717, 1.165) is 19.2 Å². The highest BCUT2D eigenvalue weighted by molar-refractivity contribution is 5.89. The fourth-order valence-electron chi connectivity index (χ4n) is 1.02. The lowest BCUT2D eigenvalue weighted by Gasteiger charge is -2.08. The number of phenols is 1. The van der Waals surface area contributed by atoms with Gasteiger partial charge in [0.2, 0.25) is 5.76 Å². The van der Waals surface area contributed by atoms with Crippen LogP contribution >= 0.6 is 0 Å². The molecule has 0 heterocycles. The lowest BCUT2D eigenvalue weighted by Crippen LogP contribution is -2.09. The van der Waals surface area contributed by atoms with E-state index in [1.54, 1.807) is 0 Å². The lowest BCUT2D eigenvalue weighted by atomic mass is 10.2. The van der Waals surface area contributed by atoms with Gasteiger partial charge in [-0.1, -0.05) is 0 Å². The van der Waals surface area contributed by atoms with Crippen LogP contribution in [0.25, 0.3) is 0 Å². The van der Waals surface area contributed by atoms with Crippen LogP contribution in [0.4, 0.5) is 0 Å². The molecule has 0 bridgehead atoms. The molecular formula is C11H10O6. The van der Waals surface area contributed by atoms with Gasteiger partial charge in [0, 0.05) is 0 Å². The molecule has 0 saturated carbocycles. The van der Waals surface area contributed by atoms with Crippen molar-refractivity contribution in [2.45, 2.75) is 0 Å². The number of aromatic carboxylic acids is 1. The number of carbonyl (C=O) groups is 2. The summed E-state index contributed by atoms with van der Waals surface area (Å²) in [5.41, 5.74) is -0.0875. The quantitative estimate of drug-likeness (QED) is 0.464. The second kappa shape index (κ2) is 5.02. The van der Waals surface area contributed by atoms with Gasteiger partial charge in [-0.2, -0.15) is 0 Å². The van der Waals surface area contributed by atoms with Crippen LogP contribution in [0.5, 0.6) is 11.5 Å². The summed E-state index contributed by atoms with van der Waals surface area (Å²) >= 11 is 0. The maximum Gasteiger partial charge on any atom is 0.373 e. The molecule has 0 unspecified atom stereocenters. The molecular weight excluding hydrogens is 228 g/mol. The average molecular weight is 238 g/mol. The zero-order valence-corrected chi connectivity index (χ0v) is 8.97. The first kappa shape index (κ1) is 12.6. The Hall–Kier alpha value is -2.50. The number of carboxylic acids is 1. The Morgan fingerprint density at radius 1 is 1.35 bits per heavy atom. The van der Waals surface area contributed by atoms with Crippen molar-refractivity contribution in [3.63, 3.8) is 0 Å². The maximum absolute atomic E-state index is 11.0. The van der Waals surface area contributed by atoms with E-state index in [0.29, 0.717) is 0 Å². The second-order valence-corrected chi connectivity index (χ2v) is 3.00. The minimum atomic E-state index is -1.18. The van der Waals surface area contributed by atoms with Crippen molar-refractivity contribution in [1.82, 2.24) is 0 Å². The zero-order chi connectivity index (χ0) is 13.0. The Morgan fingerprint density at radius 3 is 2.53 bits per heavy atom. The van der Waals surface area contributed by atoms with Crippen molar-refractivity contribution in [3.8, 4) is 11.5 Å². The Labute approximate surface area is 96.7 Å². The molecule has 0 spiro atoms. The molecule has 0 aromatic heterocycles. The highest BCUT2D eigenvalue weighted by Crippen LogP contribution is 2.28. The van der Waals surface area contributed by atoms with Crippen molar-refractivity contribution in [2.24, 2.45) is 0 Å². The predicted octanol–water partition coefficient (Wildman–Crippen LogP) is 1.16. The molecule has 6 nitrogen and oxygen atoms in total. The summed E-state index contributed by atoms with van der Waals surface area (Å²) in [4.78, 5) is 21.7. The van der Waals surface area contributed by atoms with Crippen LogP contribution in [0.2, 0.25) is 0 Å². The van der Waals surface area contributed by atoms with Crippen LogP contribution in [-0.2, 0) is 9.53 Å². The first-order valence-electron chi connectivity index (χ1n) is 4.47. The van der Waals surface area contributed by atoms with Crippen LogP contribution in [0.15, 0.2) is 30.5 Å². The molecule has 0 aliphatic heterocycles. The average Bonchev–Trinajstić information content (AvgIpc) is 2.30. The first-order chi connectivity index (χ1) is 7.95. The Bertz CT molecular complexity index is 477. The molecule has 0 atom stereocenters. The summed E-state index contributed by atoms with van der Waals surface area (Å²) in [6, 6.07) is 3.42. The molecule has 1 aromatic rings. The summed E-state index contributed by atoms with van der Waals surface area (Å²) in [5, 5.41) is 18.1. The molecule has 0 amide bonds.